The molecule has 5 heteroatoms. The van der Waals surface area contributed by atoms with Gasteiger partial charge in [-0.2, -0.15) is 5.10 Å². The van der Waals surface area contributed by atoms with Crippen molar-refractivity contribution in [1.82, 2.24) is 19.3 Å². The van der Waals surface area contributed by atoms with Crippen LogP contribution < -0.4 is 0 Å². The number of carbonyl (C=O) groups excluding carboxylic acids is 1. The second-order valence-electron chi connectivity index (χ2n) is 4.22. The zero-order valence-electron chi connectivity index (χ0n) is 10.6. The Balaban J connectivity index is 2.29. The van der Waals surface area contributed by atoms with Crippen molar-refractivity contribution in [2.45, 2.75) is 20.3 Å². The predicted octanol–water partition coefficient (Wildman–Crippen LogP) is 1.20. The molecule has 0 spiro atoms. The van der Waals surface area contributed by atoms with E-state index in [4.69, 9.17) is 0 Å². The van der Waals surface area contributed by atoms with Crippen molar-refractivity contribution in [2.24, 2.45) is 14.1 Å². The number of nitrogens with zero attached hydrogens (tertiary/aromatic N) is 4. The van der Waals surface area contributed by atoms with Gasteiger partial charge in [0.15, 0.2) is 5.78 Å². The summed E-state index contributed by atoms with van der Waals surface area (Å²) in [6, 6.07) is 0. The zero-order chi connectivity index (χ0) is 12.6. The number of carbonyl (C=O) groups is 1. The molecule has 0 aromatic carbocycles. The lowest BCUT2D eigenvalue weighted by molar-refractivity contribution is 0.0988. The summed E-state index contributed by atoms with van der Waals surface area (Å²) in [5, 5.41) is 4.25. The van der Waals surface area contributed by atoms with Gasteiger partial charge in [0.2, 0.25) is 0 Å². The van der Waals surface area contributed by atoms with Gasteiger partial charge in [-0.15, -0.1) is 0 Å². The molecular weight excluding hydrogens is 216 g/mol. The van der Waals surface area contributed by atoms with E-state index in [0.717, 1.165) is 22.8 Å². The highest BCUT2D eigenvalue weighted by atomic mass is 16.1. The predicted molar refractivity (Wildman–Crippen MR) is 63.9 cm³/mol. The van der Waals surface area contributed by atoms with E-state index in [1.807, 2.05) is 38.7 Å². The second kappa shape index (κ2) is 4.16. The van der Waals surface area contributed by atoms with Gasteiger partial charge >= 0.3 is 0 Å². The Morgan fingerprint density at radius 3 is 2.53 bits per heavy atom. The van der Waals surface area contributed by atoms with Crippen LogP contribution in [-0.2, 0) is 20.5 Å². The number of hydrogen-bond donors (Lipinski definition) is 0. The normalized spacial score (nSPS) is 10.8. The molecule has 0 radical (unpaired) electrons. The van der Waals surface area contributed by atoms with Crippen LogP contribution in [0.15, 0.2) is 12.4 Å². The summed E-state index contributed by atoms with van der Waals surface area (Å²) >= 11 is 0. The largest absolute Gasteiger partial charge is 0.338 e. The summed E-state index contributed by atoms with van der Waals surface area (Å²) in [7, 11) is 3.73. The monoisotopic (exact) mass is 232 g/mol. The molecule has 0 unspecified atom stereocenters. The lowest BCUT2D eigenvalue weighted by Crippen LogP contribution is -2.10. The standard InChI is InChI=1S/C12H16N4O/c1-8-12(9(2)16(4)14-8)10(17)7-11-13-5-6-15(11)3/h5-6H,7H2,1-4H3. The molecular formula is C12H16N4O. The minimum Gasteiger partial charge on any atom is -0.338 e. The number of imidazole rings is 1. The topological polar surface area (TPSA) is 52.7 Å². The molecule has 2 aromatic heterocycles. The molecule has 0 N–H and O–H groups in total. The summed E-state index contributed by atoms with van der Waals surface area (Å²) in [6.45, 7) is 3.77. The Hall–Kier alpha value is -1.91. The third kappa shape index (κ3) is 2.00. The van der Waals surface area contributed by atoms with Crippen LogP contribution in [0.3, 0.4) is 0 Å². The van der Waals surface area contributed by atoms with Crippen LogP contribution in [-0.4, -0.2) is 25.1 Å². The maximum Gasteiger partial charge on any atom is 0.174 e. The molecule has 17 heavy (non-hydrogen) atoms. The van der Waals surface area contributed by atoms with Crippen LogP contribution in [0.4, 0.5) is 0 Å². The first-order valence-electron chi connectivity index (χ1n) is 5.50. The fraction of sp³-hybridized carbons (Fsp3) is 0.417. The van der Waals surface area contributed by atoms with E-state index >= 15 is 0 Å². The number of aryl methyl sites for hydroxylation is 3. The molecule has 0 aliphatic heterocycles. The Bertz CT molecular complexity index is 565. The Kier molecular flexibility index (Phi) is 2.83. The van der Waals surface area contributed by atoms with Crippen molar-refractivity contribution >= 4 is 5.78 Å². The van der Waals surface area contributed by atoms with Gasteiger partial charge in [0.25, 0.3) is 0 Å². The molecule has 0 atom stereocenters. The highest BCUT2D eigenvalue weighted by Gasteiger charge is 2.18. The first-order chi connectivity index (χ1) is 8.00. The van der Waals surface area contributed by atoms with Gasteiger partial charge in [-0.1, -0.05) is 0 Å². The summed E-state index contributed by atoms with van der Waals surface area (Å²) in [5.74, 6) is 0.847. The van der Waals surface area contributed by atoms with Crippen molar-refractivity contribution in [3.05, 3.63) is 35.2 Å². The average molecular weight is 232 g/mol. The molecule has 0 saturated heterocycles. The highest BCUT2D eigenvalue weighted by molar-refractivity contribution is 5.99. The van der Waals surface area contributed by atoms with Crippen LogP contribution in [0.5, 0.6) is 0 Å². The first-order valence-corrected chi connectivity index (χ1v) is 5.50. The number of Topliss-reactive ketones (excluding diaryl/α,β-unsaturated/α-hetero) is 1. The van der Waals surface area contributed by atoms with Crippen molar-refractivity contribution in [3.8, 4) is 0 Å². The van der Waals surface area contributed by atoms with Crippen molar-refractivity contribution < 1.29 is 4.79 Å². The first kappa shape index (κ1) is 11.6. The molecule has 2 aromatic rings. The van der Waals surface area contributed by atoms with Crippen molar-refractivity contribution in [1.29, 1.82) is 0 Å². The number of rotatable bonds is 3. The molecule has 0 saturated carbocycles. The summed E-state index contributed by atoms with van der Waals surface area (Å²) < 4.78 is 3.60. The van der Waals surface area contributed by atoms with Crippen molar-refractivity contribution in [2.75, 3.05) is 0 Å². The Morgan fingerprint density at radius 1 is 1.35 bits per heavy atom. The van der Waals surface area contributed by atoms with E-state index in [9.17, 15) is 4.79 Å². The van der Waals surface area contributed by atoms with E-state index < -0.39 is 0 Å². The number of ketones is 1. The van der Waals surface area contributed by atoms with Gasteiger partial charge in [0.05, 0.1) is 17.7 Å². The maximum absolute atomic E-state index is 12.2. The minimum absolute atomic E-state index is 0.0717. The molecule has 0 fully saturated rings. The zero-order valence-corrected chi connectivity index (χ0v) is 10.6. The second-order valence-corrected chi connectivity index (χ2v) is 4.22. The molecule has 2 heterocycles. The molecule has 0 aliphatic carbocycles. The van der Waals surface area contributed by atoms with E-state index in [2.05, 4.69) is 10.1 Å². The summed E-state index contributed by atoms with van der Waals surface area (Å²) in [6.07, 6.45) is 3.86. The van der Waals surface area contributed by atoms with Crippen LogP contribution in [0.1, 0.15) is 27.6 Å². The van der Waals surface area contributed by atoms with Gasteiger partial charge in [-0.05, 0) is 13.8 Å². The third-order valence-electron chi connectivity index (χ3n) is 3.03. The molecule has 2 rings (SSSR count). The highest BCUT2D eigenvalue weighted by Crippen LogP contribution is 2.14. The Morgan fingerprint density at radius 2 is 2.06 bits per heavy atom. The third-order valence-corrected chi connectivity index (χ3v) is 3.03. The maximum atomic E-state index is 12.2. The van der Waals surface area contributed by atoms with Crippen LogP contribution in [0.2, 0.25) is 0 Å². The van der Waals surface area contributed by atoms with E-state index in [0.29, 0.717) is 6.42 Å². The van der Waals surface area contributed by atoms with Gasteiger partial charge in [-0.25, -0.2) is 4.98 Å². The smallest absolute Gasteiger partial charge is 0.174 e. The Labute approximate surface area is 100 Å². The quantitative estimate of drug-likeness (QED) is 0.747. The minimum atomic E-state index is 0.0717. The van der Waals surface area contributed by atoms with Gasteiger partial charge in [-0.3, -0.25) is 9.48 Å². The van der Waals surface area contributed by atoms with E-state index in [1.54, 1.807) is 10.9 Å². The summed E-state index contributed by atoms with van der Waals surface area (Å²) in [4.78, 5) is 16.4. The van der Waals surface area contributed by atoms with Crippen molar-refractivity contribution in [3.63, 3.8) is 0 Å². The van der Waals surface area contributed by atoms with Gasteiger partial charge in [0, 0.05) is 32.2 Å². The van der Waals surface area contributed by atoms with E-state index in [-0.39, 0.29) is 5.78 Å². The fourth-order valence-corrected chi connectivity index (χ4v) is 1.98. The molecule has 5 nitrogen and oxygen atoms in total. The molecule has 0 aliphatic rings. The molecule has 0 amide bonds. The van der Waals surface area contributed by atoms with Gasteiger partial charge in [0.1, 0.15) is 5.82 Å². The van der Waals surface area contributed by atoms with Crippen LogP contribution in [0, 0.1) is 13.8 Å². The lowest BCUT2D eigenvalue weighted by atomic mass is 10.1. The molecule has 90 valence electrons. The van der Waals surface area contributed by atoms with Gasteiger partial charge < -0.3 is 4.57 Å². The SMILES string of the molecule is Cc1nn(C)c(C)c1C(=O)Cc1nccn1C. The fourth-order valence-electron chi connectivity index (χ4n) is 1.98. The lowest BCUT2D eigenvalue weighted by Gasteiger charge is -2.02. The van der Waals surface area contributed by atoms with E-state index in [1.165, 1.54) is 0 Å². The molecule has 0 bridgehead atoms. The average Bonchev–Trinajstić information content (AvgIpc) is 2.74. The summed E-state index contributed by atoms with van der Waals surface area (Å²) in [5.41, 5.74) is 2.40. The van der Waals surface area contributed by atoms with Crippen LogP contribution in [0.25, 0.3) is 0 Å². The van der Waals surface area contributed by atoms with Crippen LogP contribution >= 0.6 is 0 Å². The number of aromatic nitrogens is 4. The number of hydrogen-bond acceptors (Lipinski definition) is 3.